The summed E-state index contributed by atoms with van der Waals surface area (Å²) in [6.45, 7) is 0.280. The number of ether oxygens (including phenoxy) is 2. The Morgan fingerprint density at radius 2 is 1.88 bits per heavy atom. The van der Waals surface area contributed by atoms with E-state index < -0.39 is 5.97 Å². The van der Waals surface area contributed by atoms with Gasteiger partial charge in [0.2, 0.25) is 0 Å². The van der Waals surface area contributed by atoms with Gasteiger partial charge in [0, 0.05) is 5.56 Å². The van der Waals surface area contributed by atoms with Crippen LogP contribution in [0.4, 0.5) is 0 Å². The van der Waals surface area contributed by atoms with Crippen molar-refractivity contribution >= 4 is 28.3 Å². The maximum Gasteiger partial charge on any atom is 0.180 e. The average molecular weight is 342 g/mol. The molecule has 0 aromatic heterocycles. The van der Waals surface area contributed by atoms with Crippen molar-refractivity contribution in [1.82, 2.24) is 0 Å². The third-order valence-corrected chi connectivity index (χ3v) is 4.00. The predicted octanol–water partition coefficient (Wildman–Crippen LogP) is 3.44. The minimum absolute atomic E-state index is 0.0608. The van der Waals surface area contributed by atoms with Crippen LogP contribution in [0.5, 0.6) is 11.5 Å². The molecule has 3 rings (SSSR count). The van der Waals surface area contributed by atoms with Crippen LogP contribution in [0.15, 0.2) is 54.6 Å². The summed E-state index contributed by atoms with van der Waals surface area (Å²) in [6.07, 6.45) is 0. The minimum atomic E-state index is -1.32. The summed E-state index contributed by atoms with van der Waals surface area (Å²) < 4.78 is 11.0. The fourth-order valence-electron chi connectivity index (χ4n) is 2.55. The number of carboxylic acid groups (broad SMARTS) is 1. The first-order valence-electron chi connectivity index (χ1n) is 7.28. The molecule has 0 aliphatic carbocycles. The van der Waals surface area contributed by atoms with Gasteiger partial charge in [0.1, 0.15) is 6.61 Å². The number of halogens is 1. The molecule has 0 spiro atoms. The van der Waals surface area contributed by atoms with Gasteiger partial charge in [-0.15, -0.1) is 0 Å². The third-order valence-electron chi connectivity index (χ3n) is 3.72. The molecule has 3 aromatic carbocycles. The number of carbonyl (C=O) groups is 1. The monoisotopic (exact) mass is 341 g/mol. The van der Waals surface area contributed by atoms with Crippen LogP contribution in [-0.4, -0.2) is 13.1 Å². The summed E-state index contributed by atoms with van der Waals surface area (Å²) in [5.74, 6) is -0.769. The Bertz CT molecular complexity index is 900. The van der Waals surface area contributed by atoms with Crippen molar-refractivity contribution in [3.63, 3.8) is 0 Å². The number of benzene rings is 3. The summed E-state index contributed by atoms with van der Waals surface area (Å²) in [4.78, 5) is 11.0. The van der Waals surface area contributed by atoms with Crippen molar-refractivity contribution in [1.29, 1.82) is 0 Å². The van der Waals surface area contributed by atoms with Gasteiger partial charge in [-0.05, 0) is 28.5 Å². The fraction of sp³-hybridized carbons (Fsp3) is 0.105. The molecule has 5 heteroatoms. The first-order chi connectivity index (χ1) is 11.6. The van der Waals surface area contributed by atoms with Gasteiger partial charge in [0.15, 0.2) is 11.5 Å². The second-order valence-corrected chi connectivity index (χ2v) is 5.61. The van der Waals surface area contributed by atoms with Gasteiger partial charge in [0.25, 0.3) is 0 Å². The van der Waals surface area contributed by atoms with E-state index in [0.717, 1.165) is 16.3 Å². The fourth-order valence-corrected chi connectivity index (χ4v) is 2.81. The van der Waals surface area contributed by atoms with E-state index >= 15 is 0 Å². The summed E-state index contributed by atoms with van der Waals surface area (Å²) >= 11 is 6.15. The summed E-state index contributed by atoms with van der Waals surface area (Å²) in [6, 6.07) is 16.6. The lowest BCUT2D eigenvalue weighted by Gasteiger charge is -2.15. The molecule has 0 radical (unpaired) electrons. The van der Waals surface area contributed by atoms with Crippen LogP contribution in [0, 0.1) is 0 Å². The first kappa shape index (κ1) is 16.1. The Kier molecular flexibility index (Phi) is 4.58. The highest BCUT2D eigenvalue weighted by atomic mass is 35.5. The van der Waals surface area contributed by atoms with Gasteiger partial charge < -0.3 is 19.4 Å². The number of fused-ring (bicyclic) bond motifs is 1. The van der Waals surface area contributed by atoms with E-state index in [1.807, 2.05) is 42.5 Å². The van der Waals surface area contributed by atoms with E-state index in [0.29, 0.717) is 5.75 Å². The second-order valence-electron chi connectivity index (χ2n) is 5.20. The van der Waals surface area contributed by atoms with E-state index in [1.54, 1.807) is 0 Å². The molecule has 0 aliphatic heterocycles. The zero-order chi connectivity index (χ0) is 17.1. The van der Waals surface area contributed by atoms with Crippen LogP contribution in [0.2, 0.25) is 5.02 Å². The molecular weight excluding hydrogens is 328 g/mol. The van der Waals surface area contributed by atoms with E-state index in [1.165, 1.54) is 19.2 Å². The van der Waals surface area contributed by atoms with E-state index in [2.05, 4.69) is 0 Å². The maximum absolute atomic E-state index is 11.0. The first-order valence-corrected chi connectivity index (χ1v) is 7.66. The maximum atomic E-state index is 11.0. The van der Waals surface area contributed by atoms with Gasteiger partial charge in [-0.3, -0.25) is 0 Å². The quantitative estimate of drug-likeness (QED) is 0.713. The lowest BCUT2D eigenvalue weighted by atomic mass is 10.1. The molecule has 0 heterocycles. The standard InChI is InChI=1S/C19H15ClO4/c1-23-17-10-14(19(21)22)9-16(20)18(17)24-11-13-7-4-6-12-5-2-3-8-15(12)13/h2-10H,11H2,1H3,(H,21,22)/p-1. The van der Waals surface area contributed by atoms with Crippen molar-refractivity contribution in [2.45, 2.75) is 6.61 Å². The number of rotatable bonds is 5. The molecule has 0 atom stereocenters. The Morgan fingerprint density at radius 1 is 1.12 bits per heavy atom. The lowest BCUT2D eigenvalue weighted by molar-refractivity contribution is -0.255. The molecule has 0 saturated carbocycles. The number of carbonyl (C=O) groups excluding carboxylic acids is 1. The molecule has 0 saturated heterocycles. The Labute approximate surface area is 144 Å². The van der Waals surface area contributed by atoms with Crippen LogP contribution in [0.25, 0.3) is 10.8 Å². The van der Waals surface area contributed by atoms with Crippen LogP contribution in [0.3, 0.4) is 0 Å². The Hall–Kier alpha value is -2.72. The highest BCUT2D eigenvalue weighted by Gasteiger charge is 2.13. The number of methoxy groups -OCH3 is 1. The number of hydrogen-bond acceptors (Lipinski definition) is 4. The number of hydrogen-bond donors (Lipinski definition) is 0. The van der Waals surface area contributed by atoms with E-state index in [-0.39, 0.29) is 22.9 Å². The molecule has 24 heavy (non-hydrogen) atoms. The molecule has 0 aliphatic rings. The minimum Gasteiger partial charge on any atom is -0.545 e. The normalized spacial score (nSPS) is 10.6. The van der Waals surface area contributed by atoms with Gasteiger partial charge in [-0.1, -0.05) is 54.1 Å². The molecular formula is C19H14ClO4-. The molecule has 0 bridgehead atoms. The zero-order valence-electron chi connectivity index (χ0n) is 12.9. The zero-order valence-corrected chi connectivity index (χ0v) is 13.7. The summed E-state index contributed by atoms with van der Waals surface area (Å²) in [7, 11) is 1.43. The second kappa shape index (κ2) is 6.81. The number of aromatic carboxylic acids is 1. The van der Waals surface area contributed by atoms with Crippen molar-refractivity contribution in [2.75, 3.05) is 7.11 Å². The molecule has 0 amide bonds. The summed E-state index contributed by atoms with van der Waals surface area (Å²) in [5, 5.41) is 13.4. The van der Waals surface area contributed by atoms with E-state index in [9.17, 15) is 9.90 Å². The lowest BCUT2D eigenvalue weighted by Crippen LogP contribution is -2.22. The van der Waals surface area contributed by atoms with Crippen LogP contribution in [0.1, 0.15) is 15.9 Å². The largest absolute Gasteiger partial charge is 0.545 e. The molecule has 0 unspecified atom stereocenters. The SMILES string of the molecule is COc1cc(C(=O)[O-])cc(Cl)c1OCc1cccc2ccccc12. The van der Waals surface area contributed by atoms with Crippen molar-refractivity contribution in [3.05, 3.63) is 70.7 Å². The Balaban J connectivity index is 1.92. The van der Waals surface area contributed by atoms with Crippen LogP contribution in [-0.2, 0) is 6.61 Å². The molecule has 0 fully saturated rings. The molecule has 122 valence electrons. The predicted molar refractivity (Wildman–Crippen MR) is 90.6 cm³/mol. The summed E-state index contributed by atoms with van der Waals surface area (Å²) in [5.41, 5.74) is 0.935. The van der Waals surface area contributed by atoms with Gasteiger partial charge in [-0.2, -0.15) is 0 Å². The van der Waals surface area contributed by atoms with Crippen LogP contribution >= 0.6 is 11.6 Å². The van der Waals surface area contributed by atoms with Gasteiger partial charge in [0.05, 0.1) is 18.1 Å². The highest BCUT2D eigenvalue weighted by molar-refractivity contribution is 6.32. The van der Waals surface area contributed by atoms with Crippen molar-refractivity contribution in [2.24, 2.45) is 0 Å². The molecule has 0 N–H and O–H groups in total. The number of carboxylic acids is 1. The van der Waals surface area contributed by atoms with Crippen molar-refractivity contribution in [3.8, 4) is 11.5 Å². The van der Waals surface area contributed by atoms with E-state index in [4.69, 9.17) is 21.1 Å². The Morgan fingerprint density at radius 3 is 2.62 bits per heavy atom. The van der Waals surface area contributed by atoms with Gasteiger partial charge >= 0.3 is 0 Å². The topological polar surface area (TPSA) is 58.6 Å². The van der Waals surface area contributed by atoms with Crippen LogP contribution < -0.4 is 14.6 Å². The highest BCUT2D eigenvalue weighted by Crippen LogP contribution is 2.37. The van der Waals surface area contributed by atoms with Gasteiger partial charge in [-0.25, -0.2) is 0 Å². The average Bonchev–Trinajstić information content (AvgIpc) is 2.60. The van der Waals surface area contributed by atoms with Crippen molar-refractivity contribution < 1.29 is 19.4 Å². The smallest absolute Gasteiger partial charge is 0.180 e. The molecule has 3 aromatic rings. The molecule has 4 nitrogen and oxygen atoms in total. The third kappa shape index (κ3) is 3.14.